The monoisotopic (exact) mass is 1700 g/mol. The van der Waals surface area contributed by atoms with Crippen molar-refractivity contribution in [3.8, 4) is 0 Å². The van der Waals surface area contributed by atoms with Crippen molar-refractivity contribution < 1.29 is 83.3 Å². The van der Waals surface area contributed by atoms with Crippen LogP contribution in [0.3, 0.4) is 0 Å². The van der Waals surface area contributed by atoms with E-state index in [0.29, 0.717) is 52.0 Å². The zero-order valence-electron chi connectivity index (χ0n) is 59.3. The maximum Gasteiger partial charge on any atom is 0.504 e. The molecule has 0 amide bonds. The smallest absolute Gasteiger partial charge is 0.481 e. The van der Waals surface area contributed by atoms with Crippen molar-refractivity contribution in [3.63, 3.8) is 0 Å². The predicted molar refractivity (Wildman–Crippen MR) is 414 cm³/mol. The van der Waals surface area contributed by atoms with Crippen LogP contribution < -0.4 is 5.73 Å². The minimum absolute atomic E-state index is 0.0378. The summed E-state index contributed by atoms with van der Waals surface area (Å²) in [5.74, 6) is -0.835. The molecule has 8 rings (SSSR count). The number of aromatic nitrogens is 2. The number of carboxylic acid groups (broad SMARTS) is 1. The van der Waals surface area contributed by atoms with Crippen molar-refractivity contribution in [2.75, 3.05) is 61.2 Å². The van der Waals surface area contributed by atoms with Crippen LogP contribution in [0.5, 0.6) is 0 Å². The molecule has 0 bridgehead atoms. The molecule has 0 saturated carbocycles. The minimum atomic E-state index is -5.64. The molecule has 594 valence electrons. The van der Waals surface area contributed by atoms with E-state index in [1.54, 1.807) is 65.4 Å². The number of rotatable bonds is 33. The number of aliphatic hydroxyl groups is 1. The Labute approximate surface area is 659 Å². The number of aliphatic hydroxyl groups excluding tert-OH is 1. The van der Waals surface area contributed by atoms with E-state index in [0.717, 1.165) is 113 Å². The first kappa shape index (κ1) is 101. The third-order valence-electron chi connectivity index (χ3n) is 12.0. The van der Waals surface area contributed by atoms with Gasteiger partial charge in [-0.05, 0) is 166 Å². The Morgan fingerprint density at radius 1 is 0.505 bits per heavy atom. The molecule has 6 aromatic carbocycles. The van der Waals surface area contributed by atoms with Crippen LogP contribution in [-0.4, -0.2) is 111 Å². The summed E-state index contributed by atoms with van der Waals surface area (Å²) in [5, 5.41) is 52.1. The topological polar surface area (TPSA) is 547 Å². The Balaban J connectivity index is 0.00000123. The number of non-ortho nitro benzene ring substituents is 2. The van der Waals surface area contributed by atoms with Crippen LogP contribution in [0.25, 0.3) is 52.2 Å². The van der Waals surface area contributed by atoms with E-state index in [-0.39, 0.29) is 24.4 Å². The van der Waals surface area contributed by atoms with Gasteiger partial charge in [0.15, 0.2) is 0 Å². The van der Waals surface area contributed by atoms with Gasteiger partial charge in [-0.25, -0.2) is 28.0 Å². The molecule has 0 unspecified atom stereocenters. The number of alkyl halides is 4. The standard InChI is InChI=1S/C9H11N3O2S.C9H10O4S.C8H9BrO2S.C8H8N4O2.C8H9N3O2S.C8H10N2O2.C7H8N4.C7H9NO.CF3N3O2S/c1-13-14-15-9-4-2-8(3-5-9)6-7-11-12-10;1-12-13-14-8-4-2-7(3-5-8)6-9(10)11;1-10-11-12-8-4-2-7(6-9)3-5-8;9-11-10-6-5-7-1-3-8(4-2-7)12(13)14;1-12-13-14-8-4-2-7(3-5-8)6-10-11-9;9-6-5-7-1-3-8(4-2-7)10(11)12;8-11-10-6-4-7-3-1-2-5-9-7;9-6-4-7-3-1-2-5-8-7;2-1(3,4)10(8,9)7-6-5/h2-5H,6-7H2,1H3;2-5H,6H2,1H3,(H,10,11);2-5H,6H2,1H3;1-4H,5-6H2;2-5H,6H2,1H3;1-4H,5-6,9H2;1-3,5H,4,6H2;1-3,5,9H,4,6H2;. The molecular weight excluding hydrogens is 1630 g/mol. The fourth-order valence-corrected chi connectivity index (χ4v) is 9.07. The van der Waals surface area contributed by atoms with Gasteiger partial charge in [-0.15, -0.1) is 0 Å². The summed E-state index contributed by atoms with van der Waals surface area (Å²) in [6.07, 6.45) is 6.97. The normalized spacial score (nSPS) is 9.82. The second-order valence-corrected chi connectivity index (χ2v) is 24.9. The van der Waals surface area contributed by atoms with Gasteiger partial charge in [0.1, 0.15) is 0 Å². The zero-order chi connectivity index (χ0) is 82.6. The van der Waals surface area contributed by atoms with E-state index in [1.807, 2.05) is 109 Å². The van der Waals surface area contributed by atoms with Crippen molar-refractivity contribution in [3.05, 3.63) is 312 Å². The number of carbonyl (C=O) groups is 1. The quantitative estimate of drug-likeness (QED) is 0.00502. The van der Waals surface area contributed by atoms with Crippen molar-refractivity contribution in [2.45, 2.75) is 75.5 Å². The lowest BCUT2D eigenvalue weighted by atomic mass is 10.1. The maximum absolute atomic E-state index is 11.2. The van der Waals surface area contributed by atoms with E-state index in [1.165, 1.54) is 75.2 Å². The average molecular weight is 1700 g/mol. The van der Waals surface area contributed by atoms with E-state index in [2.05, 4.69) is 94.2 Å². The summed E-state index contributed by atoms with van der Waals surface area (Å²) in [6, 6.07) is 54.3. The number of pyridine rings is 2. The number of sulfonamides is 1. The summed E-state index contributed by atoms with van der Waals surface area (Å²) in [4.78, 5) is 71.8. The SMILES string of the molecule is COOSc1ccc(CBr)cc1.COOSc1ccc(CC(=O)O)cc1.COOSc1ccc(CCN=[N+]=[N-])cc1.COOSc1ccc(CN=[N+]=[N-])cc1.NCCc1ccc([N+](=O)[O-])cc1.OCCc1ccccn1.[N-]=[N+]=NCCc1ccc([N+](=O)[O-])cc1.[N-]=[N+]=NCCc1ccccn1.[N-]=[N+]=NS(=O)(=O)C(F)(F)F. The van der Waals surface area contributed by atoms with Crippen LogP contribution in [0.15, 0.2) is 239 Å². The lowest BCUT2D eigenvalue weighted by molar-refractivity contribution is -0.385. The molecule has 46 heteroatoms. The molecule has 8 aromatic rings. The third-order valence-corrected chi connectivity index (χ3v) is 16.2. The molecule has 0 spiro atoms. The summed E-state index contributed by atoms with van der Waals surface area (Å²) < 4.78 is 73.2. The number of halogens is 4. The number of nitrogens with two attached hydrogens (primary N) is 1. The molecule has 0 aliphatic rings. The molecule has 4 N–H and O–H groups in total. The van der Waals surface area contributed by atoms with Gasteiger partial charge in [0.2, 0.25) is 0 Å². The lowest BCUT2D eigenvalue weighted by Crippen LogP contribution is -2.19. The van der Waals surface area contributed by atoms with Crippen LogP contribution in [0.2, 0.25) is 0 Å². The number of azide groups is 5. The number of nitrogens with zero attached hydrogens (tertiary/aromatic N) is 19. The maximum atomic E-state index is 11.2. The molecule has 2 aromatic heterocycles. The molecule has 0 saturated heterocycles. The van der Waals surface area contributed by atoms with Crippen LogP contribution >= 0.6 is 64.1 Å². The molecular formula is C65H74BrF3N20O17S5. The number of hydrogen-bond donors (Lipinski definition) is 3. The van der Waals surface area contributed by atoms with Crippen LogP contribution in [-0.2, 0) is 102 Å². The molecule has 0 aliphatic heterocycles. The van der Waals surface area contributed by atoms with Crippen molar-refractivity contribution in [1.29, 1.82) is 0 Å². The number of benzene rings is 6. The Morgan fingerprint density at radius 3 is 1.13 bits per heavy atom. The van der Waals surface area contributed by atoms with Crippen LogP contribution in [0.4, 0.5) is 24.5 Å². The highest BCUT2D eigenvalue weighted by molar-refractivity contribution is 9.08. The first-order chi connectivity index (χ1) is 53.5. The summed E-state index contributed by atoms with van der Waals surface area (Å²) in [7, 11) is 0.176. The minimum Gasteiger partial charge on any atom is -0.481 e. The molecule has 0 radical (unpaired) electrons. The molecule has 0 fully saturated rings. The van der Waals surface area contributed by atoms with E-state index in [9.17, 15) is 46.6 Å². The number of nitro benzene ring substituents is 2. The van der Waals surface area contributed by atoms with Gasteiger partial charge in [0.05, 0.1) is 99.4 Å². The number of aliphatic carboxylic acids is 1. The first-order valence-corrected chi connectivity index (χ1v) is 36.6. The van der Waals surface area contributed by atoms with Gasteiger partial charge in [-0.1, -0.05) is 121 Å². The molecule has 37 nitrogen and oxygen atoms in total. The first-order valence-electron chi connectivity index (χ1n) is 31.1. The Bertz CT molecular complexity index is 4180. The van der Waals surface area contributed by atoms with Gasteiger partial charge in [-0.3, -0.25) is 35.0 Å². The van der Waals surface area contributed by atoms with Crippen molar-refractivity contribution in [2.24, 2.45) is 30.7 Å². The number of nitro groups is 2. The van der Waals surface area contributed by atoms with E-state index >= 15 is 0 Å². The Hall–Kier alpha value is -10.3. The highest BCUT2D eigenvalue weighted by atomic mass is 79.9. The van der Waals surface area contributed by atoms with Crippen LogP contribution in [0.1, 0.15) is 44.8 Å². The third kappa shape index (κ3) is 53.2. The fourth-order valence-electron chi connectivity index (χ4n) is 6.93. The van der Waals surface area contributed by atoms with Gasteiger partial charge >= 0.3 is 21.5 Å². The van der Waals surface area contributed by atoms with Crippen molar-refractivity contribution >= 4 is 91.5 Å². The van der Waals surface area contributed by atoms with E-state index < -0.39 is 31.3 Å². The largest absolute Gasteiger partial charge is 0.504 e. The van der Waals surface area contributed by atoms with Crippen molar-refractivity contribution in [1.82, 2.24) is 9.97 Å². The molecule has 0 aliphatic carbocycles. The molecule has 2 heterocycles. The summed E-state index contributed by atoms with van der Waals surface area (Å²) in [5.41, 5.74) is 47.5. The summed E-state index contributed by atoms with van der Waals surface area (Å²) >= 11 is 7.93. The van der Waals surface area contributed by atoms with Crippen LogP contribution in [0, 0.1) is 20.2 Å². The number of hydrogen-bond acceptors (Lipinski definition) is 27. The number of carboxylic acids is 1. The second-order valence-electron chi connectivity index (χ2n) is 19.6. The van der Waals surface area contributed by atoms with E-state index in [4.69, 9.17) is 52.3 Å². The van der Waals surface area contributed by atoms with Gasteiger partial charge < -0.3 is 15.9 Å². The Morgan fingerprint density at radius 2 is 0.838 bits per heavy atom. The molecule has 0 atom stereocenters. The Kier molecular flexibility index (Phi) is 59.4. The van der Waals surface area contributed by atoms with Gasteiger partial charge in [0, 0.05) is 135 Å². The lowest BCUT2D eigenvalue weighted by Gasteiger charge is -2.00. The average Bonchev–Trinajstić information content (AvgIpc) is 0.845. The molecule has 111 heavy (non-hydrogen) atoms. The fraction of sp³-hybridized carbons (Fsp3) is 0.277. The van der Waals surface area contributed by atoms with Gasteiger partial charge in [-0.2, -0.15) is 30.5 Å². The van der Waals surface area contributed by atoms with Gasteiger partial charge in [0.25, 0.3) is 11.4 Å². The second kappa shape index (κ2) is 65.5. The predicted octanol–water partition coefficient (Wildman–Crippen LogP) is 18.5. The highest BCUT2D eigenvalue weighted by Gasteiger charge is 2.45. The summed E-state index contributed by atoms with van der Waals surface area (Å²) in [6.45, 7) is 2.45. The zero-order valence-corrected chi connectivity index (χ0v) is 65.0. The highest BCUT2D eigenvalue weighted by Crippen LogP contribution is 2.26.